The van der Waals surface area contributed by atoms with E-state index < -0.39 is 5.97 Å². The van der Waals surface area contributed by atoms with Crippen LogP contribution >= 0.6 is 0 Å². The van der Waals surface area contributed by atoms with E-state index in [0.717, 1.165) is 11.3 Å². The van der Waals surface area contributed by atoms with Crippen LogP contribution in [0.2, 0.25) is 0 Å². The van der Waals surface area contributed by atoms with Crippen LogP contribution in [0.1, 0.15) is 5.56 Å². The summed E-state index contributed by atoms with van der Waals surface area (Å²) in [4.78, 5) is 22.3. The minimum Gasteiger partial charge on any atom is -0.497 e. The highest BCUT2D eigenvalue weighted by molar-refractivity contribution is 5.80. The van der Waals surface area contributed by atoms with Gasteiger partial charge in [0.25, 0.3) is 5.91 Å². The van der Waals surface area contributed by atoms with Gasteiger partial charge in [-0.05, 0) is 17.7 Å². The molecule has 0 saturated heterocycles. The highest BCUT2D eigenvalue weighted by Crippen LogP contribution is 2.10. The Kier molecular flexibility index (Phi) is 6.38. The Bertz CT molecular complexity index is 416. The first-order valence-electron chi connectivity index (χ1n) is 5.70. The van der Waals surface area contributed by atoms with Gasteiger partial charge in [0.2, 0.25) is 0 Å². The molecule has 0 saturated carbocycles. The normalized spacial score (nSPS) is 9.79. The summed E-state index contributed by atoms with van der Waals surface area (Å²) in [6.45, 7) is -0.102. The SMILES string of the molecule is COCC(=O)OCC(=O)NCc1ccc(OC)cc1. The number of hydrogen-bond acceptors (Lipinski definition) is 5. The van der Waals surface area contributed by atoms with E-state index >= 15 is 0 Å². The molecule has 0 unspecified atom stereocenters. The average Bonchev–Trinajstić information content (AvgIpc) is 2.44. The third-order valence-corrected chi connectivity index (χ3v) is 2.28. The molecule has 0 aliphatic carbocycles. The Morgan fingerprint density at radius 1 is 1.11 bits per heavy atom. The van der Waals surface area contributed by atoms with Crippen molar-refractivity contribution in [1.82, 2.24) is 5.32 Å². The van der Waals surface area contributed by atoms with E-state index in [0.29, 0.717) is 6.54 Å². The zero-order valence-electron chi connectivity index (χ0n) is 11.0. The number of ether oxygens (including phenoxy) is 3. The first-order valence-corrected chi connectivity index (χ1v) is 5.70. The fourth-order valence-electron chi connectivity index (χ4n) is 1.30. The summed E-state index contributed by atoms with van der Waals surface area (Å²) in [5, 5.41) is 2.64. The number of carbonyl (C=O) groups excluding carboxylic acids is 2. The number of methoxy groups -OCH3 is 2. The van der Waals surface area contributed by atoms with Gasteiger partial charge in [-0.3, -0.25) is 4.79 Å². The second-order valence-corrected chi connectivity index (χ2v) is 3.72. The fourth-order valence-corrected chi connectivity index (χ4v) is 1.30. The van der Waals surface area contributed by atoms with E-state index in [1.807, 2.05) is 12.1 Å². The van der Waals surface area contributed by atoms with Crippen LogP contribution < -0.4 is 10.1 Å². The molecule has 6 nitrogen and oxygen atoms in total. The first kappa shape index (κ1) is 15.0. The van der Waals surface area contributed by atoms with Crippen molar-refractivity contribution in [2.45, 2.75) is 6.54 Å². The summed E-state index contributed by atoms with van der Waals surface area (Å²) in [7, 11) is 2.97. The Morgan fingerprint density at radius 2 is 1.79 bits per heavy atom. The standard InChI is InChI=1S/C13H17NO5/c1-17-9-13(16)19-8-12(15)14-7-10-3-5-11(18-2)6-4-10/h3-6H,7-9H2,1-2H3,(H,14,15). The van der Waals surface area contributed by atoms with Gasteiger partial charge >= 0.3 is 5.97 Å². The number of esters is 1. The molecule has 1 amide bonds. The number of nitrogens with one attached hydrogen (secondary N) is 1. The van der Waals surface area contributed by atoms with E-state index in [2.05, 4.69) is 14.8 Å². The maximum absolute atomic E-state index is 11.4. The summed E-state index contributed by atoms with van der Waals surface area (Å²) < 4.78 is 14.3. The molecule has 0 fully saturated rings. The summed E-state index contributed by atoms with van der Waals surface area (Å²) in [5.41, 5.74) is 0.928. The summed E-state index contributed by atoms with van der Waals surface area (Å²) >= 11 is 0. The van der Waals surface area contributed by atoms with Crippen molar-refractivity contribution in [3.63, 3.8) is 0 Å². The van der Waals surface area contributed by atoms with Crippen LogP contribution in [0.15, 0.2) is 24.3 Å². The Hall–Kier alpha value is -2.08. The molecule has 0 atom stereocenters. The van der Waals surface area contributed by atoms with Gasteiger partial charge in [0.1, 0.15) is 12.4 Å². The first-order chi connectivity index (χ1) is 9.15. The second kappa shape index (κ2) is 8.10. The minimum atomic E-state index is -0.568. The van der Waals surface area contributed by atoms with Crippen molar-refractivity contribution in [1.29, 1.82) is 0 Å². The zero-order valence-corrected chi connectivity index (χ0v) is 11.0. The van der Waals surface area contributed by atoms with Gasteiger partial charge in [-0.15, -0.1) is 0 Å². The fraction of sp³-hybridized carbons (Fsp3) is 0.385. The van der Waals surface area contributed by atoms with E-state index in [1.54, 1.807) is 19.2 Å². The number of hydrogen-bond donors (Lipinski definition) is 1. The van der Waals surface area contributed by atoms with Crippen molar-refractivity contribution >= 4 is 11.9 Å². The van der Waals surface area contributed by atoms with Crippen LogP contribution in [-0.2, 0) is 25.6 Å². The average molecular weight is 267 g/mol. The van der Waals surface area contributed by atoms with Gasteiger partial charge in [0.15, 0.2) is 6.61 Å². The predicted octanol–water partition coefficient (Wildman–Crippen LogP) is 0.501. The van der Waals surface area contributed by atoms with Crippen molar-refractivity contribution in [2.24, 2.45) is 0 Å². The number of benzene rings is 1. The molecule has 1 N–H and O–H groups in total. The molecule has 104 valence electrons. The molecule has 19 heavy (non-hydrogen) atoms. The molecule has 0 heterocycles. The van der Waals surface area contributed by atoms with Crippen molar-refractivity contribution in [2.75, 3.05) is 27.4 Å². The van der Waals surface area contributed by atoms with Gasteiger partial charge in [-0.1, -0.05) is 12.1 Å². The maximum Gasteiger partial charge on any atom is 0.332 e. The van der Waals surface area contributed by atoms with Gasteiger partial charge in [-0.25, -0.2) is 4.79 Å². The van der Waals surface area contributed by atoms with Crippen molar-refractivity contribution in [3.05, 3.63) is 29.8 Å². The Morgan fingerprint density at radius 3 is 2.37 bits per heavy atom. The molecule has 0 aliphatic heterocycles. The van der Waals surface area contributed by atoms with Crippen molar-refractivity contribution < 1.29 is 23.8 Å². The number of carbonyl (C=O) groups is 2. The largest absolute Gasteiger partial charge is 0.497 e. The van der Waals surface area contributed by atoms with Gasteiger partial charge in [-0.2, -0.15) is 0 Å². The molecule has 0 bridgehead atoms. The smallest absolute Gasteiger partial charge is 0.332 e. The van der Waals surface area contributed by atoms with Crippen LogP contribution in [0.4, 0.5) is 0 Å². The summed E-state index contributed by atoms with van der Waals surface area (Å²) in [6, 6.07) is 7.30. The lowest BCUT2D eigenvalue weighted by Gasteiger charge is -2.07. The summed E-state index contributed by atoms with van der Waals surface area (Å²) in [6.07, 6.45) is 0. The van der Waals surface area contributed by atoms with E-state index in [9.17, 15) is 9.59 Å². The lowest BCUT2D eigenvalue weighted by Crippen LogP contribution is -2.29. The molecule has 1 rings (SSSR count). The Balaban J connectivity index is 2.27. The topological polar surface area (TPSA) is 73.9 Å². The highest BCUT2D eigenvalue weighted by atomic mass is 16.6. The third-order valence-electron chi connectivity index (χ3n) is 2.28. The van der Waals surface area contributed by atoms with Crippen LogP contribution in [0, 0.1) is 0 Å². The Labute approximate surface area is 111 Å². The molecule has 0 aliphatic rings. The van der Waals surface area contributed by atoms with Gasteiger partial charge < -0.3 is 19.5 Å². The number of rotatable bonds is 7. The zero-order chi connectivity index (χ0) is 14.1. The predicted molar refractivity (Wildman–Crippen MR) is 67.7 cm³/mol. The lowest BCUT2D eigenvalue weighted by molar-refractivity contribution is -0.152. The molecule has 1 aromatic carbocycles. The monoisotopic (exact) mass is 267 g/mol. The maximum atomic E-state index is 11.4. The molecular weight excluding hydrogens is 250 g/mol. The quantitative estimate of drug-likeness (QED) is 0.728. The highest BCUT2D eigenvalue weighted by Gasteiger charge is 2.06. The van der Waals surface area contributed by atoms with Crippen molar-refractivity contribution in [3.8, 4) is 5.75 Å². The van der Waals surface area contributed by atoms with E-state index in [1.165, 1.54) is 7.11 Å². The van der Waals surface area contributed by atoms with Crippen LogP contribution in [0.3, 0.4) is 0 Å². The van der Waals surface area contributed by atoms with Crippen LogP contribution in [0.5, 0.6) is 5.75 Å². The van der Waals surface area contributed by atoms with E-state index in [4.69, 9.17) is 4.74 Å². The van der Waals surface area contributed by atoms with Crippen LogP contribution in [-0.4, -0.2) is 39.3 Å². The van der Waals surface area contributed by atoms with Crippen LogP contribution in [0.25, 0.3) is 0 Å². The molecule has 6 heteroatoms. The van der Waals surface area contributed by atoms with Gasteiger partial charge in [0.05, 0.1) is 7.11 Å². The summed E-state index contributed by atoms with van der Waals surface area (Å²) in [5.74, 6) is -0.175. The molecule has 0 spiro atoms. The second-order valence-electron chi connectivity index (χ2n) is 3.72. The molecule has 0 aromatic heterocycles. The minimum absolute atomic E-state index is 0.161. The molecular formula is C13H17NO5. The molecule has 1 aromatic rings. The van der Waals surface area contributed by atoms with E-state index in [-0.39, 0.29) is 19.1 Å². The van der Waals surface area contributed by atoms with Gasteiger partial charge in [0, 0.05) is 13.7 Å². The lowest BCUT2D eigenvalue weighted by atomic mass is 10.2. The third kappa shape index (κ3) is 5.87. The molecule has 0 radical (unpaired) electrons. The number of amides is 1.